The van der Waals surface area contributed by atoms with E-state index in [2.05, 4.69) is 5.32 Å². The molecule has 1 aliphatic rings. The van der Waals surface area contributed by atoms with Crippen LogP contribution in [0.1, 0.15) is 32.4 Å². The van der Waals surface area contributed by atoms with E-state index in [-0.39, 0.29) is 11.9 Å². The summed E-state index contributed by atoms with van der Waals surface area (Å²) in [5, 5.41) is 5.03. The molecule has 0 bridgehead atoms. The number of carbonyl (C=O) groups is 2. The second kappa shape index (κ2) is 7.14. The molecule has 0 unspecified atom stereocenters. The van der Waals surface area contributed by atoms with E-state index in [9.17, 15) is 9.59 Å². The van der Waals surface area contributed by atoms with E-state index in [0.717, 1.165) is 16.0 Å². The van der Waals surface area contributed by atoms with Crippen molar-refractivity contribution in [3.05, 3.63) is 93.7 Å². The SMILES string of the molecule is O=C1O[C@@H](C(=O)N[C@@H](c2ccccc2)c2cccs2)Cc2ccccc21. The summed E-state index contributed by atoms with van der Waals surface area (Å²) in [6.45, 7) is 0. The Morgan fingerprint density at radius 1 is 1.04 bits per heavy atom. The van der Waals surface area contributed by atoms with Crippen molar-refractivity contribution in [3.63, 3.8) is 0 Å². The minimum Gasteiger partial charge on any atom is -0.448 e. The molecule has 5 heteroatoms. The molecule has 26 heavy (non-hydrogen) atoms. The van der Waals surface area contributed by atoms with Crippen LogP contribution in [0.2, 0.25) is 0 Å². The number of nitrogens with one attached hydrogen (secondary N) is 1. The first kappa shape index (κ1) is 16.5. The lowest BCUT2D eigenvalue weighted by Crippen LogP contribution is -2.43. The van der Waals surface area contributed by atoms with Gasteiger partial charge in [0.2, 0.25) is 0 Å². The Labute approximate surface area is 155 Å². The van der Waals surface area contributed by atoms with E-state index in [1.54, 1.807) is 23.5 Å². The number of esters is 1. The molecule has 0 aliphatic carbocycles. The van der Waals surface area contributed by atoms with Crippen LogP contribution < -0.4 is 5.32 Å². The van der Waals surface area contributed by atoms with Crippen LogP contribution in [0.3, 0.4) is 0 Å². The third kappa shape index (κ3) is 3.26. The van der Waals surface area contributed by atoms with Gasteiger partial charge in [-0.3, -0.25) is 4.79 Å². The van der Waals surface area contributed by atoms with Gasteiger partial charge in [0, 0.05) is 11.3 Å². The first-order valence-corrected chi connectivity index (χ1v) is 9.28. The van der Waals surface area contributed by atoms with Crippen molar-refractivity contribution in [1.82, 2.24) is 5.32 Å². The van der Waals surface area contributed by atoms with Gasteiger partial charge in [-0.1, -0.05) is 54.6 Å². The first-order chi connectivity index (χ1) is 12.7. The van der Waals surface area contributed by atoms with Crippen LogP contribution >= 0.6 is 11.3 Å². The molecule has 130 valence electrons. The maximum Gasteiger partial charge on any atom is 0.339 e. The van der Waals surface area contributed by atoms with E-state index in [1.807, 2.05) is 60.0 Å². The van der Waals surface area contributed by atoms with Crippen LogP contribution in [0.15, 0.2) is 72.1 Å². The molecule has 0 fully saturated rings. The molecule has 2 aromatic carbocycles. The second-order valence-electron chi connectivity index (χ2n) is 6.12. The van der Waals surface area contributed by atoms with Crippen molar-refractivity contribution in [2.75, 3.05) is 0 Å². The lowest BCUT2D eigenvalue weighted by molar-refractivity contribution is -0.130. The fraction of sp³-hybridized carbons (Fsp3) is 0.143. The van der Waals surface area contributed by atoms with Crippen molar-refractivity contribution in [3.8, 4) is 0 Å². The van der Waals surface area contributed by atoms with Crippen LogP contribution in [0.5, 0.6) is 0 Å². The third-order valence-corrected chi connectivity index (χ3v) is 5.37. The highest BCUT2D eigenvalue weighted by atomic mass is 32.1. The van der Waals surface area contributed by atoms with Gasteiger partial charge in [-0.05, 0) is 28.6 Å². The quantitative estimate of drug-likeness (QED) is 0.719. The minimum atomic E-state index is -0.816. The number of carbonyl (C=O) groups excluding carboxylic acids is 2. The molecule has 0 spiro atoms. The van der Waals surface area contributed by atoms with Gasteiger partial charge in [0.15, 0.2) is 6.10 Å². The average molecular weight is 363 g/mol. The number of amides is 1. The molecule has 0 saturated carbocycles. The maximum absolute atomic E-state index is 12.8. The molecule has 1 aliphatic heterocycles. The summed E-state index contributed by atoms with van der Waals surface area (Å²) in [7, 11) is 0. The van der Waals surface area contributed by atoms with Crippen LogP contribution in [0.4, 0.5) is 0 Å². The minimum absolute atomic E-state index is 0.264. The molecule has 4 nitrogen and oxygen atoms in total. The largest absolute Gasteiger partial charge is 0.448 e. The molecular formula is C21H17NO3S. The Morgan fingerprint density at radius 3 is 2.58 bits per heavy atom. The second-order valence-corrected chi connectivity index (χ2v) is 7.10. The van der Waals surface area contributed by atoms with Crippen LogP contribution in [-0.4, -0.2) is 18.0 Å². The van der Waals surface area contributed by atoms with Crippen LogP contribution in [0.25, 0.3) is 0 Å². The smallest absolute Gasteiger partial charge is 0.339 e. The number of fused-ring (bicyclic) bond motifs is 1. The number of rotatable bonds is 4. The molecule has 3 aromatic rings. The van der Waals surface area contributed by atoms with Gasteiger partial charge in [0.25, 0.3) is 5.91 Å². The summed E-state index contributed by atoms with van der Waals surface area (Å²) < 4.78 is 5.38. The molecule has 1 aromatic heterocycles. The third-order valence-electron chi connectivity index (χ3n) is 4.43. The highest BCUT2D eigenvalue weighted by Gasteiger charge is 2.32. The standard InChI is InChI=1S/C21H17NO3S/c23-20(17-13-15-9-4-5-10-16(15)21(24)25-17)22-19(18-11-6-12-26-18)14-7-2-1-3-8-14/h1-12,17,19H,13H2,(H,22,23)/t17-,19+/m1/s1. The van der Waals surface area contributed by atoms with Crippen molar-refractivity contribution < 1.29 is 14.3 Å². The van der Waals surface area contributed by atoms with Crippen LogP contribution in [0, 0.1) is 0 Å². The highest BCUT2D eigenvalue weighted by molar-refractivity contribution is 7.10. The summed E-state index contributed by atoms with van der Waals surface area (Å²) in [4.78, 5) is 26.1. The van der Waals surface area contributed by atoms with E-state index >= 15 is 0 Å². The first-order valence-electron chi connectivity index (χ1n) is 8.40. The predicted octanol–water partition coefficient (Wildman–Crippen LogP) is 3.74. The van der Waals surface area contributed by atoms with Gasteiger partial charge < -0.3 is 10.1 Å². The van der Waals surface area contributed by atoms with Crippen molar-refractivity contribution >= 4 is 23.2 Å². The van der Waals surface area contributed by atoms with Gasteiger partial charge >= 0.3 is 5.97 Å². The van der Waals surface area contributed by atoms with E-state index < -0.39 is 12.1 Å². The van der Waals surface area contributed by atoms with Crippen molar-refractivity contribution in [2.45, 2.75) is 18.6 Å². The number of ether oxygens (including phenoxy) is 1. The summed E-state index contributed by atoms with van der Waals surface area (Å²) >= 11 is 1.58. The summed E-state index contributed by atoms with van der Waals surface area (Å²) in [6.07, 6.45) is -0.428. The molecule has 2 atom stereocenters. The number of thiophene rings is 1. The zero-order valence-corrected chi connectivity index (χ0v) is 14.7. The predicted molar refractivity (Wildman–Crippen MR) is 100 cm³/mol. The number of cyclic esters (lactones) is 1. The molecule has 1 N–H and O–H groups in total. The fourth-order valence-corrected chi connectivity index (χ4v) is 3.94. The lowest BCUT2D eigenvalue weighted by Gasteiger charge is -2.26. The molecular weight excluding hydrogens is 346 g/mol. The summed E-state index contributed by atoms with van der Waals surface area (Å²) in [5.41, 5.74) is 2.37. The number of hydrogen-bond acceptors (Lipinski definition) is 4. The highest BCUT2D eigenvalue weighted by Crippen LogP contribution is 2.27. The van der Waals surface area contributed by atoms with Gasteiger partial charge in [-0.15, -0.1) is 11.3 Å². The lowest BCUT2D eigenvalue weighted by atomic mass is 9.97. The summed E-state index contributed by atoms with van der Waals surface area (Å²) in [6, 6.07) is 20.7. The molecule has 1 amide bonds. The Kier molecular flexibility index (Phi) is 4.54. The van der Waals surface area contributed by atoms with Crippen molar-refractivity contribution in [1.29, 1.82) is 0 Å². The van der Waals surface area contributed by atoms with Gasteiger partial charge in [-0.2, -0.15) is 0 Å². The van der Waals surface area contributed by atoms with E-state index in [4.69, 9.17) is 4.74 Å². The van der Waals surface area contributed by atoms with E-state index in [1.165, 1.54) is 0 Å². The van der Waals surface area contributed by atoms with Gasteiger partial charge in [0.05, 0.1) is 11.6 Å². The van der Waals surface area contributed by atoms with Gasteiger partial charge in [-0.25, -0.2) is 4.79 Å². The number of hydrogen-bond donors (Lipinski definition) is 1. The number of benzene rings is 2. The van der Waals surface area contributed by atoms with Gasteiger partial charge in [0.1, 0.15) is 0 Å². The Morgan fingerprint density at radius 2 is 1.81 bits per heavy atom. The average Bonchev–Trinajstić information content (AvgIpc) is 3.21. The normalized spacial score (nSPS) is 17.1. The Bertz CT molecular complexity index is 921. The Hall–Kier alpha value is -2.92. The summed E-state index contributed by atoms with van der Waals surface area (Å²) in [5.74, 6) is -0.727. The fourth-order valence-electron chi connectivity index (χ4n) is 3.13. The topological polar surface area (TPSA) is 55.4 Å². The zero-order valence-electron chi connectivity index (χ0n) is 13.9. The molecule has 2 heterocycles. The molecule has 0 radical (unpaired) electrons. The maximum atomic E-state index is 12.8. The monoisotopic (exact) mass is 363 g/mol. The molecule has 4 rings (SSSR count). The van der Waals surface area contributed by atoms with Crippen molar-refractivity contribution in [2.24, 2.45) is 0 Å². The zero-order chi connectivity index (χ0) is 17.9. The Balaban J connectivity index is 1.57. The van der Waals surface area contributed by atoms with Crippen LogP contribution in [-0.2, 0) is 16.0 Å². The van der Waals surface area contributed by atoms with E-state index in [0.29, 0.717) is 12.0 Å². The molecule has 0 saturated heterocycles.